The van der Waals surface area contributed by atoms with Gasteiger partial charge in [-0.1, -0.05) is 19.3 Å². The Bertz CT molecular complexity index is 666. The molecule has 0 bridgehead atoms. The maximum absolute atomic E-state index is 12.3. The average molecular weight is 275 g/mol. The van der Waals surface area contributed by atoms with E-state index in [1.54, 1.807) is 0 Å². The van der Waals surface area contributed by atoms with Crippen LogP contribution < -0.4 is 5.56 Å². The Kier molecular flexibility index (Phi) is 3.61. The third-order valence-electron chi connectivity index (χ3n) is 4.42. The summed E-state index contributed by atoms with van der Waals surface area (Å²) in [5.74, 6) is 0.423. The molecule has 108 valence electrons. The monoisotopic (exact) mass is 275 g/mol. The summed E-state index contributed by atoms with van der Waals surface area (Å²) >= 11 is 0. The summed E-state index contributed by atoms with van der Waals surface area (Å²) in [4.78, 5) is 15.1. The van der Waals surface area contributed by atoms with E-state index in [4.69, 9.17) is 0 Å². The van der Waals surface area contributed by atoms with Crippen molar-refractivity contribution < 1.29 is 5.11 Å². The first kappa shape index (κ1) is 13.4. The molecule has 0 unspecified atom stereocenters. The summed E-state index contributed by atoms with van der Waals surface area (Å²) in [6, 6.07) is 0. The number of H-pyrrole nitrogens is 2. The van der Waals surface area contributed by atoms with Crippen LogP contribution in [0.15, 0.2) is 4.79 Å². The maximum atomic E-state index is 12.3. The van der Waals surface area contributed by atoms with Gasteiger partial charge < -0.3 is 10.1 Å². The van der Waals surface area contributed by atoms with Crippen molar-refractivity contribution in [3.05, 3.63) is 27.2 Å². The molecule has 2 aromatic rings. The van der Waals surface area contributed by atoms with E-state index in [9.17, 15) is 9.90 Å². The Labute approximate surface area is 117 Å². The predicted octanol–water partition coefficient (Wildman–Crippen LogP) is 2.14. The van der Waals surface area contributed by atoms with Crippen molar-refractivity contribution in [3.8, 4) is 0 Å². The predicted molar refractivity (Wildman–Crippen MR) is 78.1 cm³/mol. The smallest absolute Gasteiger partial charge is 0.253 e. The van der Waals surface area contributed by atoms with E-state index in [2.05, 4.69) is 15.2 Å². The summed E-state index contributed by atoms with van der Waals surface area (Å²) in [6.07, 6.45) is 6.39. The first-order valence-corrected chi connectivity index (χ1v) is 7.43. The molecule has 2 heterocycles. The maximum Gasteiger partial charge on any atom is 0.253 e. The number of pyridine rings is 1. The number of fused-ring (bicyclic) bond motifs is 1. The number of nitrogens with zero attached hydrogens (tertiary/aromatic N) is 1. The van der Waals surface area contributed by atoms with Crippen LogP contribution in [-0.4, -0.2) is 26.9 Å². The molecule has 2 aromatic heterocycles. The van der Waals surface area contributed by atoms with E-state index in [1.807, 2.05) is 6.92 Å². The SMILES string of the molecule is Cc1[nH]nc2[nH]c(=O)c(CCO)c(C3CCCCC3)c12. The number of aromatic nitrogens is 3. The van der Waals surface area contributed by atoms with Gasteiger partial charge in [-0.2, -0.15) is 5.10 Å². The van der Waals surface area contributed by atoms with Gasteiger partial charge in [-0.15, -0.1) is 0 Å². The number of hydrogen-bond donors (Lipinski definition) is 3. The minimum absolute atomic E-state index is 0.00516. The zero-order valence-electron chi connectivity index (χ0n) is 11.8. The van der Waals surface area contributed by atoms with Crippen molar-refractivity contribution in [1.82, 2.24) is 15.2 Å². The van der Waals surface area contributed by atoms with Gasteiger partial charge in [-0.3, -0.25) is 9.89 Å². The lowest BCUT2D eigenvalue weighted by Gasteiger charge is -2.24. The van der Waals surface area contributed by atoms with Gasteiger partial charge in [-0.25, -0.2) is 0 Å². The Morgan fingerprint density at radius 3 is 2.75 bits per heavy atom. The second-order valence-electron chi connectivity index (χ2n) is 5.73. The molecule has 0 radical (unpaired) electrons. The third kappa shape index (κ3) is 2.16. The van der Waals surface area contributed by atoms with Gasteiger partial charge in [-0.05, 0) is 31.2 Å². The van der Waals surface area contributed by atoms with Crippen molar-refractivity contribution >= 4 is 11.0 Å². The highest BCUT2D eigenvalue weighted by atomic mass is 16.3. The van der Waals surface area contributed by atoms with Crippen LogP contribution in [0.1, 0.15) is 54.8 Å². The highest BCUT2D eigenvalue weighted by Crippen LogP contribution is 2.37. The highest BCUT2D eigenvalue weighted by Gasteiger charge is 2.24. The van der Waals surface area contributed by atoms with E-state index >= 15 is 0 Å². The van der Waals surface area contributed by atoms with Gasteiger partial charge in [0, 0.05) is 29.7 Å². The van der Waals surface area contributed by atoms with Crippen LogP contribution in [0.4, 0.5) is 0 Å². The van der Waals surface area contributed by atoms with Crippen molar-refractivity contribution in [2.45, 2.75) is 51.4 Å². The molecular formula is C15H21N3O2. The highest BCUT2D eigenvalue weighted by molar-refractivity contribution is 5.83. The number of nitrogens with one attached hydrogen (secondary N) is 2. The van der Waals surface area contributed by atoms with Crippen molar-refractivity contribution in [2.24, 2.45) is 0 Å². The zero-order valence-corrected chi connectivity index (χ0v) is 11.8. The van der Waals surface area contributed by atoms with E-state index in [0.29, 0.717) is 18.0 Å². The number of aromatic amines is 2. The summed E-state index contributed by atoms with van der Waals surface area (Å²) in [7, 11) is 0. The fourth-order valence-corrected chi connectivity index (χ4v) is 3.51. The fourth-order valence-electron chi connectivity index (χ4n) is 3.51. The molecular weight excluding hydrogens is 254 g/mol. The first-order valence-electron chi connectivity index (χ1n) is 7.43. The van der Waals surface area contributed by atoms with E-state index in [0.717, 1.165) is 35.0 Å². The molecule has 1 aliphatic rings. The molecule has 0 amide bonds. The Morgan fingerprint density at radius 1 is 1.30 bits per heavy atom. The van der Waals surface area contributed by atoms with Crippen LogP contribution in [0.25, 0.3) is 11.0 Å². The van der Waals surface area contributed by atoms with Gasteiger partial charge >= 0.3 is 0 Å². The average Bonchev–Trinajstić information content (AvgIpc) is 2.82. The summed E-state index contributed by atoms with van der Waals surface area (Å²) in [5.41, 5.74) is 3.42. The molecule has 0 aliphatic heterocycles. The van der Waals surface area contributed by atoms with Crippen LogP contribution in [0.5, 0.6) is 0 Å². The van der Waals surface area contributed by atoms with Gasteiger partial charge in [0.2, 0.25) is 0 Å². The van der Waals surface area contributed by atoms with E-state index in [-0.39, 0.29) is 12.2 Å². The lowest BCUT2D eigenvalue weighted by molar-refractivity contribution is 0.298. The zero-order chi connectivity index (χ0) is 14.1. The van der Waals surface area contributed by atoms with Crippen LogP contribution in [0.2, 0.25) is 0 Å². The summed E-state index contributed by atoms with van der Waals surface area (Å²) in [5, 5.41) is 17.5. The van der Waals surface area contributed by atoms with Crippen molar-refractivity contribution in [1.29, 1.82) is 0 Å². The Morgan fingerprint density at radius 2 is 2.05 bits per heavy atom. The second-order valence-corrected chi connectivity index (χ2v) is 5.73. The lowest BCUT2D eigenvalue weighted by atomic mass is 9.80. The number of rotatable bonds is 3. The molecule has 3 rings (SSSR count). The Balaban J connectivity index is 2.25. The van der Waals surface area contributed by atoms with Crippen LogP contribution >= 0.6 is 0 Å². The standard InChI is InChI=1S/C15H21N3O2/c1-9-12-13(10-5-3-2-4-6-10)11(7-8-19)15(20)16-14(12)18-17-9/h10,19H,2-8H2,1H3,(H2,16,17,18,20). The molecule has 0 saturated heterocycles. The number of aliphatic hydroxyl groups is 1. The number of hydrogen-bond acceptors (Lipinski definition) is 3. The van der Waals surface area contributed by atoms with Crippen LogP contribution in [0, 0.1) is 6.92 Å². The molecule has 0 atom stereocenters. The molecule has 1 saturated carbocycles. The molecule has 20 heavy (non-hydrogen) atoms. The molecule has 5 heteroatoms. The minimum Gasteiger partial charge on any atom is -0.396 e. The molecule has 0 aromatic carbocycles. The lowest BCUT2D eigenvalue weighted by Crippen LogP contribution is -2.20. The Hall–Kier alpha value is -1.62. The van der Waals surface area contributed by atoms with Crippen LogP contribution in [-0.2, 0) is 6.42 Å². The van der Waals surface area contributed by atoms with Crippen LogP contribution in [0.3, 0.4) is 0 Å². The summed E-state index contributed by atoms with van der Waals surface area (Å²) < 4.78 is 0. The molecule has 3 N–H and O–H groups in total. The largest absolute Gasteiger partial charge is 0.396 e. The van der Waals surface area contributed by atoms with Gasteiger partial charge in [0.25, 0.3) is 5.56 Å². The minimum atomic E-state index is -0.0985. The molecule has 1 aliphatic carbocycles. The normalized spacial score (nSPS) is 16.9. The number of aliphatic hydroxyl groups excluding tert-OH is 1. The molecule has 1 fully saturated rings. The van der Waals surface area contributed by atoms with Crippen molar-refractivity contribution in [3.63, 3.8) is 0 Å². The first-order chi connectivity index (χ1) is 9.72. The third-order valence-corrected chi connectivity index (χ3v) is 4.42. The second kappa shape index (κ2) is 5.40. The number of aryl methyl sites for hydroxylation is 1. The molecule has 0 spiro atoms. The fraction of sp³-hybridized carbons (Fsp3) is 0.600. The van der Waals surface area contributed by atoms with E-state index in [1.165, 1.54) is 19.3 Å². The molecule has 5 nitrogen and oxygen atoms in total. The van der Waals surface area contributed by atoms with Gasteiger partial charge in [0.15, 0.2) is 5.65 Å². The van der Waals surface area contributed by atoms with Gasteiger partial charge in [0.05, 0.1) is 0 Å². The van der Waals surface area contributed by atoms with E-state index < -0.39 is 0 Å². The van der Waals surface area contributed by atoms with Crippen molar-refractivity contribution in [2.75, 3.05) is 6.61 Å². The van der Waals surface area contributed by atoms with Gasteiger partial charge in [0.1, 0.15) is 0 Å². The quantitative estimate of drug-likeness (QED) is 0.802. The topological polar surface area (TPSA) is 81.8 Å². The summed E-state index contributed by atoms with van der Waals surface area (Å²) in [6.45, 7) is 1.99.